The minimum atomic E-state index is -1.01. The van der Waals surface area contributed by atoms with Crippen LogP contribution >= 0.6 is 23.1 Å². The van der Waals surface area contributed by atoms with E-state index in [9.17, 15) is 14.3 Å². The Labute approximate surface area is 124 Å². The molecular formula is C14H14FNO2S2. The number of halogens is 1. The fourth-order valence-electron chi connectivity index (χ4n) is 1.87. The maximum absolute atomic E-state index is 14.1. The number of carboxylic acids is 1. The van der Waals surface area contributed by atoms with Gasteiger partial charge in [0.25, 0.3) is 0 Å². The molecule has 0 fully saturated rings. The van der Waals surface area contributed by atoms with Crippen LogP contribution < -0.4 is 0 Å². The molecule has 0 spiro atoms. The largest absolute Gasteiger partial charge is 0.477 e. The summed E-state index contributed by atoms with van der Waals surface area (Å²) in [6, 6.07) is 4.81. The standard InChI is InChI=1S/C14H14FNO2S2/c1-7(2)11-12(14(17)18)20-13(16-11)10-8(15)5-4-6-9(10)19-3/h4-7H,1-3H3,(H,17,18). The van der Waals surface area contributed by atoms with Crippen molar-refractivity contribution >= 4 is 29.1 Å². The van der Waals surface area contributed by atoms with Crippen LogP contribution in [0.25, 0.3) is 10.6 Å². The molecule has 0 unspecified atom stereocenters. The number of aromatic carboxylic acids is 1. The summed E-state index contributed by atoms with van der Waals surface area (Å²) in [7, 11) is 0. The molecule has 20 heavy (non-hydrogen) atoms. The Morgan fingerprint density at radius 1 is 1.45 bits per heavy atom. The van der Waals surface area contributed by atoms with Gasteiger partial charge in [-0.05, 0) is 24.3 Å². The van der Waals surface area contributed by atoms with Crippen molar-refractivity contribution in [1.82, 2.24) is 4.98 Å². The molecule has 0 aliphatic rings. The number of carbonyl (C=O) groups is 1. The van der Waals surface area contributed by atoms with Crippen LogP contribution in [0.5, 0.6) is 0 Å². The SMILES string of the molecule is CSc1cccc(F)c1-c1nc(C(C)C)c(C(=O)O)s1. The van der Waals surface area contributed by atoms with E-state index >= 15 is 0 Å². The van der Waals surface area contributed by atoms with Gasteiger partial charge in [0.2, 0.25) is 0 Å². The summed E-state index contributed by atoms with van der Waals surface area (Å²) in [5.74, 6) is -1.41. The average molecular weight is 311 g/mol. The summed E-state index contributed by atoms with van der Waals surface area (Å²) in [5, 5.41) is 9.67. The van der Waals surface area contributed by atoms with Crippen LogP contribution in [0.3, 0.4) is 0 Å². The maximum Gasteiger partial charge on any atom is 0.347 e. The molecule has 2 rings (SSSR count). The molecule has 1 heterocycles. The topological polar surface area (TPSA) is 50.2 Å². The van der Waals surface area contributed by atoms with Gasteiger partial charge in [-0.2, -0.15) is 0 Å². The Balaban J connectivity index is 2.65. The molecule has 1 aromatic carbocycles. The van der Waals surface area contributed by atoms with Crippen LogP contribution in [0.4, 0.5) is 4.39 Å². The molecular weight excluding hydrogens is 297 g/mol. The van der Waals surface area contributed by atoms with Gasteiger partial charge >= 0.3 is 5.97 Å². The summed E-state index contributed by atoms with van der Waals surface area (Å²) in [6.07, 6.45) is 1.85. The molecule has 0 radical (unpaired) electrons. The number of thiazole rings is 1. The van der Waals surface area contributed by atoms with Gasteiger partial charge in [0, 0.05) is 4.90 Å². The van der Waals surface area contributed by atoms with Crippen molar-refractivity contribution in [3.63, 3.8) is 0 Å². The van der Waals surface area contributed by atoms with Crippen LogP contribution in [0, 0.1) is 5.82 Å². The van der Waals surface area contributed by atoms with Gasteiger partial charge in [0.15, 0.2) is 0 Å². The van der Waals surface area contributed by atoms with Gasteiger partial charge < -0.3 is 5.11 Å². The normalized spacial score (nSPS) is 11.1. The lowest BCUT2D eigenvalue weighted by atomic mass is 10.1. The molecule has 0 aliphatic carbocycles. The number of benzene rings is 1. The smallest absolute Gasteiger partial charge is 0.347 e. The highest BCUT2D eigenvalue weighted by Crippen LogP contribution is 2.37. The lowest BCUT2D eigenvalue weighted by Crippen LogP contribution is -2.00. The third kappa shape index (κ3) is 2.71. The fourth-order valence-corrected chi connectivity index (χ4v) is 3.66. The monoisotopic (exact) mass is 311 g/mol. The quantitative estimate of drug-likeness (QED) is 0.845. The van der Waals surface area contributed by atoms with Crippen molar-refractivity contribution in [2.45, 2.75) is 24.7 Å². The molecule has 1 N–H and O–H groups in total. The van der Waals surface area contributed by atoms with E-state index in [0.717, 1.165) is 16.2 Å². The van der Waals surface area contributed by atoms with Gasteiger partial charge in [-0.15, -0.1) is 23.1 Å². The first-order valence-electron chi connectivity index (χ1n) is 6.02. The Morgan fingerprint density at radius 3 is 2.65 bits per heavy atom. The second-order valence-corrected chi connectivity index (χ2v) is 6.36. The van der Waals surface area contributed by atoms with Crippen LogP contribution in [-0.4, -0.2) is 22.3 Å². The molecule has 2 aromatic rings. The highest BCUT2D eigenvalue weighted by Gasteiger charge is 2.23. The number of rotatable bonds is 4. The van der Waals surface area contributed by atoms with E-state index < -0.39 is 5.97 Å². The number of thioether (sulfide) groups is 1. The van der Waals surface area contributed by atoms with Crippen molar-refractivity contribution in [2.75, 3.05) is 6.26 Å². The second-order valence-electron chi connectivity index (χ2n) is 4.51. The lowest BCUT2D eigenvalue weighted by Gasteiger charge is -2.05. The minimum absolute atomic E-state index is 0.0180. The fraction of sp³-hybridized carbons (Fsp3) is 0.286. The van der Waals surface area contributed by atoms with Gasteiger partial charge in [-0.1, -0.05) is 19.9 Å². The molecule has 106 valence electrons. The predicted molar refractivity (Wildman–Crippen MR) is 80.3 cm³/mol. The molecule has 0 amide bonds. The van der Waals surface area contributed by atoms with Gasteiger partial charge in [-0.3, -0.25) is 0 Å². The van der Waals surface area contributed by atoms with Crippen molar-refractivity contribution in [1.29, 1.82) is 0 Å². The van der Waals surface area contributed by atoms with Crippen LogP contribution in [0.15, 0.2) is 23.1 Å². The molecule has 0 aliphatic heterocycles. The molecule has 3 nitrogen and oxygen atoms in total. The molecule has 6 heteroatoms. The van der Waals surface area contributed by atoms with E-state index in [2.05, 4.69) is 4.98 Å². The van der Waals surface area contributed by atoms with Crippen LogP contribution in [-0.2, 0) is 0 Å². The first-order valence-corrected chi connectivity index (χ1v) is 8.06. The summed E-state index contributed by atoms with van der Waals surface area (Å²) in [5.41, 5.74) is 0.896. The minimum Gasteiger partial charge on any atom is -0.477 e. The third-order valence-electron chi connectivity index (χ3n) is 2.80. The Morgan fingerprint density at radius 2 is 2.15 bits per heavy atom. The second kappa shape index (κ2) is 5.93. The molecule has 0 atom stereocenters. The number of carboxylic acid groups (broad SMARTS) is 1. The lowest BCUT2D eigenvalue weighted by molar-refractivity contribution is 0.0700. The molecule has 0 saturated heterocycles. The Kier molecular flexibility index (Phi) is 4.45. The number of aromatic nitrogens is 1. The first-order chi connectivity index (χ1) is 9.45. The molecule has 0 bridgehead atoms. The zero-order chi connectivity index (χ0) is 14.9. The van der Waals surface area contributed by atoms with E-state index in [0.29, 0.717) is 16.3 Å². The van der Waals surface area contributed by atoms with E-state index in [-0.39, 0.29) is 16.6 Å². The summed E-state index contributed by atoms with van der Waals surface area (Å²) in [4.78, 5) is 16.6. The van der Waals surface area contributed by atoms with Crippen molar-refractivity contribution in [3.8, 4) is 10.6 Å². The van der Waals surface area contributed by atoms with E-state index in [1.165, 1.54) is 17.8 Å². The van der Waals surface area contributed by atoms with E-state index in [4.69, 9.17) is 0 Å². The average Bonchev–Trinajstić information content (AvgIpc) is 2.83. The molecule has 1 aromatic heterocycles. The van der Waals surface area contributed by atoms with Crippen molar-refractivity contribution in [2.24, 2.45) is 0 Å². The number of hydrogen-bond donors (Lipinski definition) is 1. The highest BCUT2D eigenvalue weighted by atomic mass is 32.2. The number of hydrogen-bond acceptors (Lipinski definition) is 4. The van der Waals surface area contributed by atoms with Crippen LogP contribution in [0.1, 0.15) is 35.1 Å². The zero-order valence-corrected chi connectivity index (χ0v) is 12.9. The summed E-state index contributed by atoms with van der Waals surface area (Å²) < 4.78 is 14.1. The molecule has 0 saturated carbocycles. The van der Waals surface area contributed by atoms with E-state index in [1.807, 2.05) is 20.1 Å². The first kappa shape index (κ1) is 15.0. The Bertz CT molecular complexity index is 653. The van der Waals surface area contributed by atoms with Crippen LogP contribution in [0.2, 0.25) is 0 Å². The summed E-state index contributed by atoms with van der Waals surface area (Å²) >= 11 is 2.44. The predicted octanol–water partition coefficient (Wildman–Crippen LogP) is 4.49. The van der Waals surface area contributed by atoms with Gasteiger partial charge in [-0.25, -0.2) is 14.2 Å². The number of nitrogens with zero attached hydrogens (tertiary/aromatic N) is 1. The van der Waals surface area contributed by atoms with E-state index in [1.54, 1.807) is 12.1 Å². The zero-order valence-electron chi connectivity index (χ0n) is 11.3. The van der Waals surface area contributed by atoms with Crippen molar-refractivity contribution < 1.29 is 14.3 Å². The van der Waals surface area contributed by atoms with Gasteiger partial charge in [0.1, 0.15) is 15.7 Å². The van der Waals surface area contributed by atoms with Gasteiger partial charge in [0.05, 0.1) is 11.3 Å². The summed E-state index contributed by atoms with van der Waals surface area (Å²) in [6.45, 7) is 3.75. The third-order valence-corrected chi connectivity index (χ3v) is 4.66. The highest BCUT2D eigenvalue weighted by molar-refractivity contribution is 7.98. The Hall–Kier alpha value is -1.40. The van der Waals surface area contributed by atoms with Crippen molar-refractivity contribution in [3.05, 3.63) is 34.6 Å². The maximum atomic E-state index is 14.1.